The van der Waals surface area contributed by atoms with Gasteiger partial charge in [0.2, 0.25) is 0 Å². The van der Waals surface area contributed by atoms with E-state index in [2.05, 4.69) is 40.4 Å². The summed E-state index contributed by atoms with van der Waals surface area (Å²) in [6.07, 6.45) is 0. The number of hydrogen-bond donors (Lipinski definition) is 0. The highest BCUT2D eigenvalue weighted by atomic mass is 15.4. The van der Waals surface area contributed by atoms with Crippen molar-refractivity contribution in [2.24, 2.45) is 0 Å². The van der Waals surface area contributed by atoms with Gasteiger partial charge in [-0.25, -0.2) is 14.6 Å². The average Bonchev–Trinajstić information content (AvgIpc) is 3.12. The maximum atomic E-state index is 4.70. The topological polar surface area (TPSA) is 43.6 Å². The van der Waals surface area contributed by atoms with Gasteiger partial charge in [0.1, 0.15) is 5.69 Å². The van der Waals surface area contributed by atoms with Crippen LogP contribution in [0.4, 0.5) is 0 Å². The van der Waals surface area contributed by atoms with Crippen LogP contribution < -0.4 is 0 Å². The number of rotatable bonds is 1. The van der Waals surface area contributed by atoms with Gasteiger partial charge in [-0.3, -0.25) is 0 Å². The van der Waals surface area contributed by atoms with Gasteiger partial charge in [-0.2, -0.15) is 0 Å². The lowest BCUT2D eigenvalue weighted by molar-refractivity contribution is 0.722. The Morgan fingerprint density at radius 1 is 0.818 bits per heavy atom. The van der Waals surface area contributed by atoms with Crippen LogP contribution in [0.15, 0.2) is 60.7 Å². The molecule has 0 saturated heterocycles. The molecular formula is C18H12N4. The summed E-state index contributed by atoms with van der Waals surface area (Å²) in [4.78, 5) is 9.37. The molecule has 0 fully saturated rings. The molecule has 1 aliphatic rings. The summed E-state index contributed by atoms with van der Waals surface area (Å²) in [6, 6.07) is 20.5. The third kappa shape index (κ3) is 1.61. The van der Waals surface area contributed by atoms with Gasteiger partial charge in [-0.05, 0) is 17.7 Å². The summed E-state index contributed by atoms with van der Waals surface area (Å²) in [5.41, 5.74) is 4.23. The van der Waals surface area contributed by atoms with Gasteiger partial charge in [-0.1, -0.05) is 48.5 Å². The molecule has 104 valence electrons. The van der Waals surface area contributed by atoms with Crippen LogP contribution >= 0.6 is 0 Å². The number of aromatic nitrogens is 4. The van der Waals surface area contributed by atoms with Crippen molar-refractivity contribution in [3.05, 3.63) is 66.2 Å². The smallest absolute Gasteiger partial charge is 0.200 e. The molecular weight excluding hydrogens is 272 g/mol. The third-order valence-corrected chi connectivity index (χ3v) is 4.08. The van der Waals surface area contributed by atoms with Gasteiger partial charge in [0.15, 0.2) is 11.6 Å². The lowest BCUT2D eigenvalue weighted by Gasteiger charge is -2.00. The molecule has 22 heavy (non-hydrogen) atoms. The molecule has 4 aromatic rings. The van der Waals surface area contributed by atoms with Crippen molar-refractivity contribution < 1.29 is 0 Å². The van der Waals surface area contributed by atoms with Crippen LogP contribution in [-0.2, 0) is 6.54 Å². The molecule has 5 rings (SSSR count). The molecule has 0 atom stereocenters. The molecule has 0 saturated carbocycles. The second-order valence-corrected chi connectivity index (χ2v) is 5.46. The molecule has 2 aromatic carbocycles. The first-order chi connectivity index (χ1) is 10.9. The Labute approximate surface area is 127 Å². The fraction of sp³-hybridized carbons (Fsp3) is 0.0556. The second kappa shape index (κ2) is 4.24. The van der Waals surface area contributed by atoms with Gasteiger partial charge >= 0.3 is 0 Å². The van der Waals surface area contributed by atoms with E-state index in [0.717, 1.165) is 29.0 Å². The lowest BCUT2D eigenvalue weighted by atomic mass is 10.1. The van der Waals surface area contributed by atoms with Crippen LogP contribution in [0.2, 0.25) is 0 Å². The Kier molecular flexibility index (Phi) is 2.24. The quantitative estimate of drug-likeness (QED) is 0.473. The van der Waals surface area contributed by atoms with Gasteiger partial charge in [-0.15, -0.1) is 5.10 Å². The van der Waals surface area contributed by atoms with Crippen LogP contribution in [0, 0.1) is 0 Å². The van der Waals surface area contributed by atoms with Crippen molar-refractivity contribution in [3.63, 3.8) is 0 Å². The minimum absolute atomic E-state index is 0.690. The van der Waals surface area contributed by atoms with Crippen LogP contribution in [-0.4, -0.2) is 19.7 Å². The molecule has 0 bridgehead atoms. The fourth-order valence-corrected chi connectivity index (χ4v) is 2.99. The Bertz CT molecular complexity index is 1020. The van der Waals surface area contributed by atoms with Gasteiger partial charge in [0, 0.05) is 10.9 Å². The fourth-order valence-electron chi connectivity index (χ4n) is 2.99. The molecule has 0 N–H and O–H groups in total. The van der Waals surface area contributed by atoms with Crippen LogP contribution in [0.25, 0.3) is 33.8 Å². The standard InChI is InChI=1S/C18H12N4/c1-3-7-14-13(6-1)11-22-18(14)20-17(21-22)16-10-9-12-5-2-4-8-15(12)19-16/h1-10H,11H2. The van der Waals surface area contributed by atoms with Gasteiger partial charge in [0.05, 0.1) is 12.1 Å². The van der Waals surface area contributed by atoms with E-state index in [4.69, 9.17) is 4.98 Å². The van der Waals surface area contributed by atoms with Crippen LogP contribution in [0.3, 0.4) is 0 Å². The molecule has 0 unspecified atom stereocenters. The summed E-state index contributed by atoms with van der Waals surface area (Å²) in [5, 5.41) is 5.75. The monoisotopic (exact) mass is 284 g/mol. The summed E-state index contributed by atoms with van der Waals surface area (Å²) in [5.74, 6) is 1.62. The predicted octanol–water partition coefficient (Wildman–Crippen LogP) is 3.52. The zero-order valence-electron chi connectivity index (χ0n) is 11.8. The van der Waals surface area contributed by atoms with E-state index >= 15 is 0 Å². The number of nitrogens with zero attached hydrogens (tertiary/aromatic N) is 4. The van der Waals surface area contributed by atoms with Crippen molar-refractivity contribution in [2.75, 3.05) is 0 Å². The number of fused-ring (bicyclic) bond motifs is 4. The first kappa shape index (κ1) is 11.6. The van der Waals surface area contributed by atoms with Gasteiger partial charge in [0.25, 0.3) is 0 Å². The van der Waals surface area contributed by atoms with E-state index in [1.54, 1.807) is 0 Å². The van der Waals surface area contributed by atoms with Crippen molar-refractivity contribution in [2.45, 2.75) is 6.54 Å². The maximum absolute atomic E-state index is 4.70. The van der Waals surface area contributed by atoms with Crippen molar-refractivity contribution in [1.29, 1.82) is 0 Å². The number of pyridine rings is 1. The lowest BCUT2D eigenvalue weighted by Crippen LogP contribution is -1.96. The van der Waals surface area contributed by atoms with Crippen molar-refractivity contribution in [3.8, 4) is 22.9 Å². The zero-order valence-corrected chi connectivity index (χ0v) is 11.8. The molecule has 1 aliphatic heterocycles. The van der Waals surface area contributed by atoms with E-state index in [0.29, 0.717) is 5.82 Å². The number of benzene rings is 2. The second-order valence-electron chi connectivity index (χ2n) is 5.46. The molecule has 0 amide bonds. The summed E-state index contributed by atoms with van der Waals surface area (Å²) in [7, 11) is 0. The maximum Gasteiger partial charge on any atom is 0.200 e. The van der Waals surface area contributed by atoms with Gasteiger partial charge < -0.3 is 0 Å². The molecule has 4 nitrogen and oxygen atoms in total. The Hall–Kier alpha value is -3.01. The molecule has 0 radical (unpaired) electrons. The highest BCUT2D eigenvalue weighted by Gasteiger charge is 2.22. The predicted molar refractivity (Wildman–Crippen MR) is 85.3 cm³/mol. The summed E-state index contributed by atoms with van der Waals surface area (Å²) < 4.78 is 1.96. The Morgan fingerprint density at radius 2 is 1.68 bits per heavy atom. The first-order valence-corrected chi connectivity index (χ1v) is 7.28. The van der Waals surface area contributed by atoms with E-state index in [-0.39, 0.29) is 0 Å². The minimum atomic E-state index is 0.690. The van der Waals surface area contributed by atoms with E-state index in [9.17, 15) is 0 Å². The van der Waals surface area contributed by atoms with E-state index < -0.39 is 0 Å². The largest absolute Gasteiger partial charge is 0.244 e. The van der Waals surface area contributed by atoms with Crippen molar-refractivity contribution >= 4 is 10.9 Å². The normalized spacial score (nSPS) is 12.4. The molecule has 0 aliphatic carbocycles. The van der Waals surface area contributed by atoms with E-state index in [1.165, 1.54) is 11.1 Å². The molecule has 0 spiro atoms. The first-order valence-electron chi connectivity index (χ1n) is 7.28. The Morgan fingerprint density at radius 3 is 2.68 bits per heavy atom. The summed E-state index contributed by atoms with van der Waals surface area (Å²) in [6.45, 7) is 0.784. The number of hydrogen-bond acceptors (Lipinski definition) is 3. The molecule has 2 aromatic heterocycles. The summed E-state index contributed by atoms with van der Waals surface area (Å²) >= 11 is 0. The SMILES string of the molecule is c1ccc2c(c1)Cn1nc(-c3ccc4ccccc4n3)nc1-2. The Balaban J connectivity index is 1.65. The molecule has 4 heteroatoms. The minimum Gasteiger partial charge on any atom is -0.244 e. The third-order valence-electron chi connectivity index (χ3n) is 4.08. The van der Waals surface area contributed by atoms with Crippen molar-refractivity contribution in [1.82, 2.24) is 19.7 Å². The van der Waals surface area contributed by atoms with E-state index in [1.807, 2.05) is 35.0 Å². The highest BCUT2D eigenvalue weighted by molar-refractivity contribution is 5.80. The average molecular weight is 284 g/mol. The van der Waals surface area contributed by atoms with Crippen LogP contribution in [0.5, 0.6) is 0 Å². The number of para-hydroxylation sites is 1. The highest BCUT2D eigenvalue weighted by Crippen LogP contribution is 2.31. The zero-order chi connectivity index (χ0) is 14.5. The van der Waals surface area contributed by atoms with Crippen LogP contribution in [0.1, 0.15) is 5.56 Å². The molecule has 3 heterocycles.